The number of benzene rings is 2. The average Bonchev–Trinajstić information content (AvgIpc) is 2.79. The number of rotatable bonds is 7. The fraction of sp³-hybridized carbons (Fsp3) is 0.440. The van der Waals surface area contributed by atoms with E-state index in [9.17, 15) is 9.59 Å². The third kappa shape index (κ3) is 6.58. The van der Waals surface area contributed by atoms with Gasteiger partial charge in [-0.25, -0.2) is 0 Å². The van der Waals surface area contributed by atoms with Gasteiger partial charge in [0.05, 0.1) is 11.1 Å². The fourth-order valence-corrected chi connectivity index (χ4v) is 5.06. The second-order valence-corrected chi connectivity index (χ2v) is 10.6. The number of thioether (sulfide) groups is 1. The standard InChI is InChI=1S/C25H30Cl2N2O3S/c1-5-17(3)32-25(31)18(4)33-23-10-9-19(13-22(23)27)24(30)28-11-12-29(16(2)15-28)21-8-6-7-20(26)14-21/h6-10,13-14,16-18H,5,11-12,15H2,1-4H3. The van der Waals surface area contributed by atoms with Crippen LogP contribution in [0.1, 0.15) is 44.5 Å². The highest BCUT2D eigenvalue weighted by molar-refractivity contribution is 8.00. The average molecular weight is 509 g/mol. The van der Waals surface area contributed by atoms with Gasteiger partial charge in [0.15, 0.2) is 0 Å². The Hall–Kier alpha value is -1.89. The van der Waals surface area contributed by atoms with Gasteiger partial charge in [-0.3, -0.25) is 9.59 Å². The molecule has 2 aromatic rings. The third-order valence-corrected chi connectivity index (χ3v) is 7.58. The molecule has 1 heterocycles. The molecule has 0 saturated carbocycles. The normalized spacial score (nSPS) is 18.1. The van der Waals surface area contributed by atoms with Crippen LogP contribution in [-0.4, -0.2) is 53.8 Å². The maximum atomic E-state index is 13.1. The summed E-state index contributed by atoms with van der Waals surface area (Å²) in [6.45, 7) is 9.70. The number of carbonyl (C=O) groups excluding carboxylic acids is 2. The van der Waals surface area contributed by atoms with E-state index in [0.717, 1.165) is 23.5 Å². The molecule has 1 fully saturated rings. The lowest BCUT2D eigenvalue weighted by atomic mass is 10.1. The summed E-state index contributed by atoms with van der Waals surface area (Å²) in [5.74, 6) is -0.313. The Kier molecular flexibility index (Phi) is 8.96. The largest absolute Gasteiger partial charge is 0.462 e. The Bertz CT molecular complexity index is 1000. The van der Waals surface area contributed by atoms with E-state index < -0.39 is 5.25 Å². The lowest BCUT2D eigenvalue weighted by Gasteiger charge is -2.41. The highest BCUT2D eigenvalue weighted by atomic mass is 35.5. The van der Waals surface area contributed by atoms with E-state index in [2.05, 4.69) is 11.8 Å². The smallest absolute Gasteiger partial charge is 0.319 e. The van der Waals surface area contributed by atoms with Crippen molar-refractivity contribution >= 4 is 52.5 Å². The number of halogens is 2. The summed E-state index contributed by atoms with van der Waals surface area (Å²) in [6, 6.07) is 13.2. The Morgan fingerprint density at radius 1 is 1.15 bits per heavy atom. The first-order chi connectivity index (χ1) is 15.7. The van der Waals surface area contributed by atoms with Gasteiger partial charge in [0, 0.05) is 46.8 Å². The van der Waals surface area contributed by atoms with Crippen molar-refractivity contribution in [2.45, 2.75) is 56.4 Å². The van der Waals surface area contributed by atoms with Crippen molar-refractivity contribution in [2.24, 2.45) is 0 Å². The van der Waals surface area contributed by atoms with Crippen LogP contribution in [0.25, 0.3) is 0 Å². The van der Waals surface area contributed by atoms with Crippen LogP contribution in [0, 0.1) is 0 Å². The molecule has 0 bridgehead atoms. The van der Waals surface area contributed by atoms with Crippen LogP contribution in [0.15, 0.2) is 47.4 Å². The van der Waals surface area contributed by atoms with Gasteiger partial charge in [0.25, 0.3) is 5.91 Å². The molecule has 33 heavy (non-hydrogen) atoms. The minimum atomic E-state index is -0.390. The van der Waals surface area contributed by atoms with E-state index in [4.69, 9.17) is 27.9 Å². The van der Waals surface area contributed by atoms with Gasteiger partial charge in [-0.2, -0.15) is 0 Å². The topological polar surface area (TPSA) is 49.9 Å². The van der Waals surface area contributed by atoms with E-state index in [1.807, 2.05) is 43.0 Å². The molecule has 3 rings (SSSR count). The molecule has 3 atom stereocenters. The zero-order chi connectivity index (χ0) is 24.1. The first-order valence-electron chi connectivity index (χ1n) is 11.2. The first-order valence-corrected chi connectivity index (χ1v) is 12.8. The number of amides is 1. The van der Waals surface area contributed by atoms with Crippen molar-refractivity contribution in [3.8, 4) is 0 Å². The summed E-state index contributed by atoms with van der Waals surface area (Å²) in [4.78, 5) is 30.2. The van der Waals surface area contributed by atoms with Gasteiger partial charge in [-0.05, 0) is 63.6 Å². The molecular weight excluding hydrogens is 479 g/mol. The van der Waals surface area contributed by atoms with Gasteiger partial charge < -0.3 is 14.5 Å². The molecule has 1 aliphatic heterocycles. The van der Waals surface area contributed by atoms with Crippen molar-refractivity contribution in [1.29, 1.82) is 0 Å². The number of piperazine rings is 1. The van der Waals surface area contributed by atoms with Gasteiger partial charge >= 0.3 is 5.97 Å². The van der Waals surface area contributed by atoms with Crippen LogP contribution in [0.4, 0.5) is 5.69 Å². The van der Waals surface area contributed by atoms with E-state index in [0.29, 0.717) is 28.7 Å². The van der Waals surface area contributed by atoms with Crippen molar-refractivity contribution in [1.82, 2.24) is 4.90 Å². The highest BCUT2D eigenvalue weighted by Crippen LogP contribution is 2.32. The summed E-state index contributed by atoms with van der Waals surface area (Å²) < 4.78 is 5.40. The lowest BCUT2D eigenvalue weighted by Crippen LogP contribution is -2.53. The quantitative estimate of drug-likeness (QED) is 0.330. The molecule has 178 valence electrons. The molecule has 1 amide bonds. The number of hydrogen-bond donors (Lipinski definition) is 0. The Morgan fingerprint density at radius 3 is 2.55 bits per heavy atom. The van der Waals surface area contributed by atoms with Crippen molar-refractivity contribution in [3.05, 3.63) is 58.1 Å². The molecule has 0 radical (unpaired) electrons. The van der Waals surface area contributed by atoms with Crippen LogP contribution in [0.2, 0.25) is 10.0 Å². The van der Waals surface area contributed by atoms with Crippen LogP contribution in [0.5, 0.6) is 0 Å². The Morgan fingerprint density at radius 2 is 1.91 bits per heavy atom. The predicted molar refractivity (Wildman–Crippen MR) is 137 cm³/mol. The minimum absolute atomic E-state index is 0.0460. The zero-order valence-corrected chi connectivity index (χ0v) is 21.7. The summed E-state index contributed by atoms with van der Waals surface area (Å²) >= 11 is 14.0. The van der Waals surface area contributed by atoms with Crippen molar-refractivity contribution in [2.75, 3.05) is 24.5 Å². The molecule has 1 aliphatic rings. The molecule has 5 nitrogen and oxygen atoms in total. The fourth-order valence-electron chi connectivity index (χ4n) is 3.71. The Labute approximate surface area is 210 Å². The molecular formula is C25H30Cl2N2O3S. The summed E-state index contributed by atoms with van der Waals surface area (Å²) in [7, 11) is 0. The number of carbonyl (C=O) groups is 2. The number of hydrogen-bond acceptors (Lipinski definition) is 5. The van der Waals surface area contributed by atoms with Gasteiger partial charge in [-0.1, -0.05) is 36.2 Å². The van der Waals surface area contributed by atoms with Crippen LogP contribution in [-0.2, 0) is 9.53 Å². The van der Waals surface area contributed by atoms with Crippen molar-refractivity contribution < 1.29 is 14.3 Å². The molecule has 2 aromatic carbocycles. The highest BCUT2D eigenvalue weighted by Gasteiger charge is 2.28. The van der Waals surface area contributed by atoms with Gasteiger partial charge in [-0.15, -0.1) is 11.8 Å². The van der Waals surface area contributed by atoms with Gasteiger partial charge in [0.2, 0.25) is 0 Å². The minimum Gasteiger partial charge on any atom is -0.462 e. The molecule has 0 aliphatic carbocycles. The van der Waals surface area contributed by atoms with Crippen LogP contribution >= 0.6 is 35.0 Å². The van der Waals surface area contributed by atoms with E-state index in [1.54, 1.807) is 25.1 Å². The molecule has 0 N–H and O–H groups in total. The van der Waals surface area contributed by atoms with E-state index >= 15 is 0 Å². The maximum Gasteiger partial charge on any atom is 0.319 e. The zero-order valence-electron chi connectivity index (χ0n) is 19.4. The van der Waals surface area contributed by atoms with E-state index in [1.165, 1.54) is 11.8 Å². The number of anilines is 1. The SMILES string of the molecule is CCC(C)OC(=O)C(C)Sc1ccc(C(=O)N2CCN(c3cccc(Cl)c3)C(C)C2)cc1Cl. The molecule has 3 unspecified atom stereocenters. The summed E-state index contributed by atoms with van der Waals surface area (Å²) in [5, 5.41) is 0.770. The number of ether oxygens (including phenoxy) is 1. The third-order valence-electron chi connectivity index (χ3n) is 5.76. The number of nitrogens with zero attached hydrogens (tertiary/aromatic N) is 2. The second kappa shape index (κ2) is 11.5. The monoisotopic (exact) mass is 508 g/mol. The van der Waals surface area contributed by atoms with Crippen LogP contribution < -0.4 is 4.90 Å². The first kappa shape index (κ1) is 25.7. The summed E-state index contributed by atoms with van der Waals surface area (Å²) in [6.07, 6.45) is 0.657. The molecule has 0 aromatic heterocycles. The maximum absolute atomic E-state index is 13.1. The summed E-state index contributed by atoms with van der Waals surface area (Å²) in [5.41, 5.74) is 1.61. The molecule has 0 spiro atoms. The van der Waals surface area contributed by atoms with Crippen LogP contribution in [0.3, 0.4) is 0 Å². The van der Waals surface area contributed by atoms with E-state index in [-0.39, 0.29) is 24.0 Å². The van der Waals surface area contributed by atoms with Crippen molar-refractivity contribution in [3.63, 3.8) is 0 Å². The molecule has 1 saturated heterocycles. The van der Waals surface area contributed by atoms with Gasteiger partial charge in [0.1, 0.15) is 5.25 Å². The molecule has 8 heteroatoms. The predicted octanol–water partition coefficient (Wildman–Crippen LogP) is 6.17. The number of esters is 1. The second-order valence-electron chi connectivity index (χ2n) is 8.33. The lowest BCUT2D eigenvalue weighted by molar-refractivity contribution is -0.147. The Balaban J connectivity index is 1.63.